The van der Waals surface area contributed by atoms with Crippen LogP contribution in [0.2, 0.25) is 0 Å². The van der Waals surface area contributed by atoms with E-state index >= 15 is 0 Å². The number of hydrogen-bond donors (Lipinski definition) is 1. The Morgan fingerprint density at radius 1 is 1.14 bits per heavy atom. The summed E-state index contributed by atoms with van der Waals surface area (Å²) in [6, 6.07) is 11.9. The van der Waals surface area contributed by atoms with E-state index in [1.54, 1.807) is 38.1 Å². The number of aliphatic carboxylic acids is 1. The summed E-state index contributed by atoms with van der Waals surface area (Å²) in [5, 5.41) is 8.87. The number of fused-ring (bicyclic) bond motifs is 1. The molecule has 0 aliphatic carbocycles. The van der Waals surface area contributed by atoms with E-state index in [1.807, 2.05) is 31.2 Å². The third kappa shape index (κ3) is 5.34. The van der Waals surface area contributed by atoms with Crippen molar-refractivity contribution < 1.29 is 28.9 Å². The first-order valence-corrected chi connectivity index (χ1v) is 12.3. The van der Waals surface area contributed by atoms with E-state index in [-0.39, 0.29) is 17.9 Å². The Hall–Kier alpha value is -4.18. The third-order valence-electron chi connectivity index (χ3n) is 5.75. The zero-order chi connectivity index (χ0) is 26.7. The Morgan fingerprint density at radius 3 is 2.51 bits per heavy atom. The number of rotatable bonds is 8. The van der Waals surface area contributed by atoms with Gasteiger partial charge in [0.25, 0.3) is 5.56 Å². The first kappa shape index (κ1) is 25.9. The van der Waals surface area contributed by atoms with Crippen molar-refractivity contribution in [3.8, 4) is 11.5 Å². The van der Waals surface area contributed by atoms with Crippen molar-refractivity contribution in [2.75, 3.05) is 20.3 Å². The highest BCUT2D eigenvalue weighted by atomic mass is 32.1. The molecule has 10 heteroatoms. The summed E-state index contributed by atoms with van der Waals surface area (Å²) in [4.78, 5) is 42.5. The van der Waals surface area contributed by atoms with Gasteiger partial charge in [-0.2, -0.15) is 0 Å². The molecule has 1 N–H and O–H groups in total. The lowest BCUT2D eigenvalue weighted by molar-refractivity contribution is -0.140. The monoisotopic (exact) mass is 522 g/mol. The van der Waals surface area contributed by atoms with Gasteiger partial charge in [-0.3, -0.25) is 9.36 Å². The molecule has 1 aromatic heterocycles. The van der Waals surface area contributed by atoms with Crippen LogP contribution in [0.25, 0.3) is 6.08 Å². The zero-order valence-electron chi connectivity index (χ0n) is 20.8. The molecule has 2 aromatic carbocycles. The lowest BCUT2D eigenvalue weighted by Gasteiger charge is -2.24. The van der Waals surface area contributed by atoms with Gasteiger partial charge in [0, 0.05) is 0 Å². The smallest absolute Gasteiger partial charge is 0.341 e. The fourth-order valence-electron chi connectivity index (χ4n) is 4.04. The lowest BCUT2D eigenvalue weighted by atomic mass is 9.95. The van der Waals surface area contributed by atoms with Gasteiger partial charge in [-0.25, -0.2) is 14.6 Å². The van der Waals surface area contributed by atoms with Crippen molar-refractivity contribution in [1.82, 2.24) is 4.57 Å². The number of aromatic nitrogens is 1. The number of ether oxygens (including phenoxy) is 3. The van der Waals surface area contributed by atoms with Crippen LogP contribution in [-0.4, -0.2) is 41.9 Å². The number of thiazole rings is 1. The number of carboxylic acid groups (broad SMARTS) is 1. The van der Waals surface area contributed by atoms with E-state index in [2.05, 4.69) is 4.99 Å². The second kappa shape index (κ2) is 10.8. The van der Waals surface area contributed by atoms with Crippen LogP contribution in [0.3, 0.4) is 0 Å². The molecule has 0 unspecified atom stereocenters. The number of methoxy groups -OCH3 is 1. The molecular weight excluding hydrogens is 496 g/mol. The standard InChI is InChI=1S/C27H26N2O7S/c1-5-35-26(33)23-16(3)28-27-29(24(23)18-9-6-15(2)7-10-18)25(32)21(37-27)13-17-8-11-19(20(12-17)34-4)36-14-22(30)31/h6-13,24H,5,14H2,1-4H3,(H,30,31)/b21-13+/t24-/m1/s1. The highest BCUT2D eigenvalue weighted by Gasteiger charge is 2.33. The predicted octanol–water partition coefficient (Wildman–Crippen LogP) is 2.58. The molecule has 0 spiro atoms. The van der Waals surface area contributed by atoms with Gasteiger partial charge in [-0.05, 0) is 50.1 Å². The van der Waals surface area contributed by atoms with E-state index in [0.717, 1.165) is 11.1 Å². The second-order valence-electron chi connectivity index (χ2n) is 8.31. The summed E-state index contributed by atoms with van der Waals surface area (Å²) in [7, 11) is 1.45. The second-order valence-corrected chi connectivity index (χ2v) is 9.31. The molecule has 3 aromatic rings. The van der Waals surface area contributed by atoms with Crippen molar-refractivity contribution in [3.63, 3.8) is 0 Å². The number of esters is 1. The van der Waals surface area contributed by atoms with Gasteiger partial charge in [0.2, 0.25) is 0 Å². The van der Waals surface area contributed by atoms with Crippen molar-refractivity contribution in [1.29, 1.82) is 0 Å². The molecule has 0 radical (unpaired) electrons. The number of carbonyl (C=O) groups excluding carboxylic acids is 1. The molecule has 4 rings (SSSR count). The topological polar surface area (TPSA) is 116 Å². The molecule has 0 saturated carbocycles. The van der Waals surface area contributed by atoms with Gasteiger partial charge >= 0.3 is 11.9 Å². The van der Waals surface area contributed by atoms with E-state index in [4.69, 9.17) is 19.3 Å². The number of aryl methyl sites for hydroxylation is 1. The average Bonchev–Trinajstić information content (AvgIpc) is 3.17. The molecular formula is C27H26N2O7S. The van der Waals surface area contributed by atoms with Crippen LogP contribution in [0.5, 0.6) is 11.5 Å². The van der Waals surface area contributed by atoms with E-state index in [0.29, 0.717) is 31.9 Å². The summed E-state index contributed by atoms with van der Waals surface area (Å²) in [6.07, 6.45) is 1.70. The molecule has 1 aliphatic heterocycles. The molecule has 0 amide bonds. The Balaban J connectivity index is 1.85. The highest BCUT2D eigenvalue weighted by molar-refractivity contribution is 7.07. The molecule has 0 saturated heterocycles. The van der Waals surface area contributed by atoms with Crippen LogP contribution in [0.15, 0.2) is 63.5 Å². The van der Waals surface area contributed by atoms with Crippen LogP contribution in [0.4, 0.5) is 0 Å². The Labute approximate surface area is 216 Å². The summed E-state index contributed by atoms with van der Waals surface area (Å²) in [6.45, 7) is 5.14. The quantitative estimate of drug-likeness (QED) is 0.452. The van der Waals surface area contributed by atoms with Crippen molar-refractivity contribution >= 4 is 29.4 Å². The molecule has 37 heavy (non-hydrogen) atoms. The number of allylic oxidation sites excluding steroid dienone is 1. The van der Waals surface area contributed by atoms with E-state index in [9.17, 15) is 14.4 Å². The number of nitrogens with zero attached hydrogens (tertiary/aromatic N) is 2. The molecule has 1 aliphatic rings. The fraction of sp³-hybridized carbons (Fsp3) is 0.259. The predicted molar refractivity (Wildman–Crippen MR) is 138 cm³/mol. The van der Waals surface area contributed by atoms with Gasteiger partial charge in [0.05, 0.1) is 35.6 Å². The van der Waals surface area contributed by atoms with Gasteiger partial charge < -0.3 is 19.3 Å². The van der Waals surface area contributed by atoms with Crippen molar-refractivity contribution in [3.05, 3.63) is 90.1 Å². The zero-order valence-corrected chi connectivity index (χ0v) is 21.6. The first-order valence-electron chi connectivity index (χ1n) is 11.5. The van der Waals surface area contributed by atoms with Crippen LogP contribution in [-0.2, 0) is 14.3 Å². The van der Waals surface area contributed by atoms with Gasteiger partial charge in [0.15, 0.2) is 22.9 Å². The minimum atomic E-state index is -1.10. The lowest BCUT2D eigenvalue weighted by Crippen LogP contribution is -2.39. The van der Waals surface area contributed by atoms with Gasteiger partial charge in [-0.15, -0.1) is 0 Å². The van der Waals surface area contributed by atoms with Crippen LogP contribution in [0.1, 0.15) is 36.6 Å². The maximum atomic E-state index is 13.7. The van der Waals surface area contributed by atoms with Crippen molar-refractivity contribution in [2.24, 2.45) is 4.99 Å². The van der Waals surface area contributed by atoms with Gasteiger partial charge in [0.1, 0.15) is 0 Å². The highest BCUT2D eigenvalue weighted by Crippen LogP contribution is 2.31. The number of hydrogen-bond acceptors (Lipinski definition) is 8. The largest absolute Gasteiger partial charge is 0.493 e. The number of benzene rings is 2. The van der Waals surface area contributed by atoms with Gasteiger partial charge in [-0.1, -0.05) is 47.2 Å². The maximum Gasteiger partial charge on any atom is 0.341 e. The third-order valence-corrected chi connectivity index (χ3v) is 6.73. The summed E-state index contributed by atoms with van der Waals surface area (Å²) in [5.74, 6) is -1.00. The van der Waals surface area contributed by atoms with Crippen molar-refractivity contribution in [2.45, 2.75) is 26.8 Å². The maximum absolute atomic E-state index is 13.7. The number of carbonyl (C=O) groups is 2. The van der Waals surface area contributed by atoms with E-state index < -0.39 is 24.6 Å². The Bertz CT molecular complexity index is 1570. The van der Waals surface area contributed by atoms with Crippen LogP contribution >= 0.6 is 11.3 Å². The Kier molecular flexibility index (Phi) is 7.58. The Morgan fingerprint density at radius 2 is 1.86 bits per heavy atom. The summed E-state index contributed by atoms with van der Waals surface area (Å²) < 4.78 is 17.8. The summed E-state index contributed by atoms with van der Waals surface area (Å²) >= 11 is 1.21. The minimum Gasteiger partial charge on any atom is -0.493 e. The molecule has 2 heterocycles. The molecule has 0 bridgehead atoms. The minimum absolute atomic E-state index is 0.203. The van der Waals surface area contributed by atoms with Crippen LogP contribution in [0, 0.1) is 6.92 Å². The average molecular weight is 523 g/mol. The van der Waals surface area contributed by atoms with E-state index in [1.165, 1.54) is 23.0 Å². The number of carboxylic acids is 1. The fourth-order valence-corrected chi connectivity index (χ4v) is 5.09. The normalized spacial score (nSPS) is 15.1. The SMILES string of the molecule is CCOC(=O)C1=C(C)N=c2s/c(=C/c3ccc(OCC(=O)O)c(OC)c3)c(=O)n2[C@@H]1c1ccc(C)cc1. The molecule has 1 atom stereocenters. The van der Waals surface area contributed by atoms with Crippen LogP contribution < -0.4 is 24.4 Å². The molecule has 0 fully saturated rings. The summed E-state index contributed by atoms with van der Waals surface area (Å²) in [5.41, 5.74) is 3.01. The first-order chi connectivity index (χ1) is 17.7. The molecule has 192 valence electrons. The molecule has 9 nitrogen and oxygen atoms in total.